The Morgan fingerprint density at radius 1 is 1.00 bits per heavy atom. The van der Waals surface area contributed by atoms with Crippen molar-refractivity contribution in [1.29, 1.82) is 5.26 Å². The number of nitriles is 1. The molecule has 188 valence electrons. The van der Waals surface area contributed by atoms with Gasteiger partial charge >= 0.3 is 0 Å². The van der Waals surface area contributed by atoms with E-state index < -0.39 is 0 Å². The molecular formula is C30H29Cl2N5. The molecule has 2 aliphatic heterocycles. The molecule has 2 aliphatic rings. The van der Waals surface area contributed by atoms with Gasteiger partial charge in [-0.1, -0.05) is 53.5 Å². The highest BCUT2D eigenvalue weighted by Crippen LogP contribution is 2.42. The third-order valence-corrected chi connectivity index (χ3v) is 8.71. The first kappa shape index (κ1) is 24.5. The Bertz CT molecular complexity index is 1460. The van der Waals surface area contributed by atoms with E-state index in [1.165, 1.54) is 29.5 Å². The SMILES string of the molecule is CN1CCC(C2c3ccc(-c4cccc(C#N)c4)cc3CCN2Cc2nc3cc(Cl)c(Cl)cc3[nH]2)CC1. The van der Waals surface area contributed by atoms with E-state index in [-0.39, 0.29) is 0 Å². The molecule has 1 aromatic heterocycles. The van der Waals surface area contributed by atoms with Crippen LogP contribution < -0.4 is 0 Å². The Balaban J connectivity index is 1.34. The topological polar surface area (TPSA) is 59.0 Å². The number of aromatic amines is 1. The molecule has 0 radical (unpaired) electrons. The second-order valence-electron chi connectivity index (χ2n) is 10.4. The van der Waals surface area contributed by atoms with Gasteiger partial charge in [-0.15, -0.1) is 0 Å². The van der Waals surface area contributed by atoms with Crippen LogP contribution >= 0.6 is 23.2 Å². The molecule has 1 unspecified atom stereocenters. The van der Waals surface area contributed by atoms with Crippen LogP contribution in [0.2, 0.25) is 10.0 Å². The van der Waals surface area contributed by atoms with Crippen LogP contribution in [0, 0.1) is 17.2 Å². The van der Waals surface area contributed by atoms with Crippen molar-refractivity contribution >= 4 is 34.2 Å². The highest BCUT2D eigenvalue weighted by atomic mass is 35.5. The van der Waals surface area contributed by atoms with E-state index in [9.17, 15) is 5.26 Å². The fraction of sp³-hybridized carbons (Fsp3) is 0.333. The average Bonchev–Trinajstić information content (AvgIpc) is 3.30. The standard InChI is InChI=1S/C30H29Cl2N5/c1-36-10-7-20(8-11-36)30-24-6-5-22(21-4-2-3-19(13-21)17-33)14-23(24)9-12-37(30)18-29-34-27-15-25(31)26(32)16-28(27)35-29/h2-6,13-16,20,30H,7-12,18H2,1H3,(H,34,35). The first-order valence-electron chi connectivity index (χ1n) is 12.9. The zero-order chi connectivity index (χ0) is 25.5. The third kappa shape index (κ3) is 4.87. The minimum absolute atomic E-state index is 0.345. The summed E-state index contributed by atoms with van der Waals surface area (Å²) in [6.07, 6.45) is 3.37. The van der Waals surface area contributed by atoms with Crippen LogP contribution in [-0.4, -0.2) is 46.4 Å². The number of benzene rings is 3. The highest BCUT2D eigenvalue weighted by Gasteiger charge is 2.35. The molecule has 4 aromatic rings. The number of fused-ring (bicyclic) bond motifs is 2. The van der Waals surface area contributed by atoms with Gasteiger partial charge in [-0.2, -0.15) is 5.26 Å². The lowest BCUT2D eigenvalue weighted by atomic mass is 9.79. The Kier molecular flexibility index (Phi) is 6.69. The molecule has 3 heterocycles. The van der Waals surface area contributed by atoms with Gasteiger partial charge in [-0.3, -0.25) is 4.90 Å². The lowest BCUT2D eigenvalue weighted by Gasteiger charge is -2.44. The minimum Gasteiger partial charge on any atom is -0.341 e. The molecule has 0 bridgehead atoms. The number of halogens is 2. The Morgan fingerprint density at radius 2 is 1.78 bits per heavy atom. The van der Waals surface area contributed by atoms with Crippen LogP contribution in [0.25, 0.3) is 22.2 Å². The van der Waals surface area contributed by atoms with E-state index in [2.05, 4.69) is 52.2 Å². The summed E-state index contributed by atoms with van der Waals surface area (Å²) in [5.74, 6) is 1.54. The summed E-state index contributed by atoms with van der Waals surface area (Å²) in [5, 5.41) is 10.4. The molecular weight excluding hydrogens is 501 g/mol. The van der Waals surface area contributed by atoms with E-state index in [1.807, 2.05) is 30.3 Å². The van der Waals surface area contributed by atoms with Crippen LogP contribution in [0.15, 0.2) is 54.6 Å². The van der Waals surface area contributed by atoms with Crippen LogP contribution in [0.4, 0.5) is 0 Å². The molecule has 1 N–H and O–H groups in total. The largest absolute Gasteiger partial charge is 0.341 e. The highest BCUT2D eigenvalue weighted by molar-refractivity contribution is 6.42. The molecule has 7 heteroatoms. The summed E-state index contributed by atoms with van der Waals surface area (Å²) in [6.45, 7) is 3.99. The normalized spacial score (nSPS) is 19.1. The molecule has 6 rings (SSSR count). The fourth-order valence-electron chi connectivity index (χ4n) is 6.06. The number of piperidine rings is 1. The molecule has 0 saturated carbocycles. The van der Waals surface area contributed by atoms with Crippen molar-refractivity contribution in [3.63, 3.8) is 0 Å². The van der Waals surface area contributed by atoms with Crippen molar-refractivity contribution < 1.29 is 0 Å². The summed E-state index contributed by atoms with van der Waals surface area (Å²) in [6, 6.07) is 21.1. The number of H-pyrrole nitrogens is 1. The van der Waals surface area contributed by atoms with E-state index in [0.717, 1.165) is 55.0 Å². The maximum absolute atomic E-state index is 9.34. The molecule has 5 nitrogen and oxygen atoms in total. The number of rotatable bonds is 4. The van der Waals surface area contributed by atoms with E-state index in [1.54, 1.807) is 0 Å². The number of aromatic nitrogens is 2. The van der Waals surface area contributed by atoms with Crippen molar-refractivity contribution in [2.24, 2.45) is 5.92 Å². The van der Waals surface area contributed by atoms with Gasteiger partial charge in [0.2, 0.25) is 0 Å². The molecule has 1 atom stereocenters. The van der Waals surface area contributed by atoms with Crippen molar-refractivity contribution in [1.82, 2.24) is 19.8 Å². The zero-order valence-electron chi connectivity index (χ0n) is 20.8. The van der Waals surface area contributed by atoms with Crippen molar-refractivity contribution in [3.8, 4) is 17.2 Å². The monoisotopic (exact) mass is 529 g/mol. The van der Waals surface area contributed by atoms with E-state index >= 15 is 0 Å². The van der Waals surface area contributed by atoms with Gasteiger partial charge < -0.3 is 9.88 Å². The quantitative estimate of drug-likeness (QED) is 0.314. The van der Waals surface area contributed by atoms with Gasteiger partial charge in [0.15, 0.2) is 0 Å². The summed E-state index contributed by atoms with van der Waals surface area (Å²) in [5.41, 5.74) is 7.59. The first-order valence-corrected chi connectivity index (χ1v) is 13.6. The molecule has 1 fully saturated rings. The first-order chi connectivity index (χ1) is 18.0. The van der Waals surface area contributed by atoms with Gasteiger partial charge in [0.1, 0.15) is 5.82 Å². The van der Waals surface area contributed by atoms with Crippen molar-refractivity contribution in [2.75, 3.05) is 26.7 Å². The van der Waals surface area contributed by atoms with Crippen molar-refractivity contribution in [3.05, 3.63) is 87.2 Å². The predicted molar refractivity (Wildman–Crippen MR) is 150 cm³/mol. The van der Waals surface area contributed by atoms with Gasteiger partial charge in [0, 0.05) is 12.6 Å². The molecule has 37 heavy (non-hydrogen) atoms. The summed E-state index contributed by atoms with van der Waals surface area (Å²) < 4.78 is 0. The van der Waals surface area contributed by atoms with Gasteiger partial charge in [0.25, 0.3) is 0 Å². The van der Waals surface area contributed by atoms with Crippen molar-refractivity contribution in [2.45, 2.75) is 31.8 Å². The molecule has 0 spiro atoms. The van der Waals surface area contributed by atoms with Gasteiger partial charge in [-0.05, 0) is 91.8 Å². The number of hydrogen-bond acceptors (Lipinski definition) is 4. The lowest BCUT2D eigenvalue weighted by molar-refractivity contribution is 0.0793. The third-order valence-electron chi connectivity index (χ3n) is 7.98. The number of nitrogens with one attached hydrogen (secondary N) is 1. The second-order valence-corrected chi connectivity index (χ2v) is 11.2. The summed E-state index contributed by atoms with van der Waals surface area (Å²) in [4.78, 5) is 13.4. The van der Waals surface area contributed by atoms with Crippen LogP contribution in [-0.2, 0) is 13.0 Å². The number of hydrogen-bond donors (Lipinski definition) is 1. The molecule has 0 aliphatic carbocycles. The summed E-state index contributed by atoms with van der Waals surface area (Å²) >= 11 is 12.5. The van der Waals surface area contributed by atoms with Gasteiger partial charge in [-0.25, -0.2) is 4.98 Å². The summed E-state index contributed by atoms with van der Waals surface area (Å²) in [7, 11) is 2.22. The number of likely N-dealkylation sites (tertiary alicyclic amines) is 1. The molecule has 0 amide bonds. The van der Waals surface area contributed by atoms with E-state index in [4.69, 9.17) is 28.2 Å². The Morgan fingerprint density at radius 3 is 2.59 bits per heavy atom. The van der Waals surface area contributed by atoms with E-state index in [0.29, 0.717) is 27.6 Å². The van der Waals surface area contributed by atoms with Crippen LogP contribution in [0.3, 0.4) is 0 Å². The minimum atomic E-state index is 0.345. The second kappa shape index (κ2) is 10.1. The fourth-order valence-corrected chi connectivity index (χ4v) is 6.38. The smallest absolute Gasteiger partial charge is 0.121 e. The molecule has 1 saturated heterocycles. The predicted octanol–water partition coefficient (Wildman–Crippen LogP) is 6.85. The maximum Gasteiger partial charge on any atom is 0.121 e. The van der Waals surface area contributed by atoms with Crippen LogP contribution in [0.5, 0.6) is 0 Å². The van der Waals surface area contributed by atoms with Gasteiger partial charge in [0.05, 0.1) is 39.3 Å². The number of nitrogens with zero attached hydrogens (tertiary/aromatic N) is 4. The molecule has 3 aromatic carbocycles. The average molecular weight is 531 g/mol. The maximum atomic E-state index is 9.34. The van der Waals surface area contributed by atoms with Crippen LogP contribution in [0.1, 0.15) is 41.4 Å². The number of imidazole rings is 1. The Labute approximate surface area is 227 Å². The Hall–Kier alpha value is -2.88. The zero-order valence-corrected chi connectivity index (χ0v) is 22.4. The lowest BCUT2D eigenvalue weighted by Crippen LogP contribution is -2.43.